The van der Waals surface area contributed by atoms with Crippen molar-refractivity contribution < 1.29 is 24.9 Å². The zero-order chi connectivity index (χ0) is 28.5. The fourth-order valence-corrected chi connectivity index (χ4v) is 7.87. The van der Waals surface area contributed by atoms with Gasteiger partial charge in [0.1, 0.15) is 5.15 Å². The second-order valence-electron chi connectivity index (χ2n) is 12.0. The van der Waals surface area contributed by atoms with Gasteiger partial charge < -0.3 is 20.6 Å². The summed E-state index contributed by atoms with van der Waals surface area (Å²) in [7, 11) is 0. The van der Waals surface area contributed by atoms with E-state index >= 15 is 0 Å². The first-order valence-electron chi connectivity index (χ1n) is 13.5. The van der Waals surface area contributed by atoms with Gasteiger partial charge in [-0.1, -0.05) is 39.3 Å². The molecule has 2 aliphatic rings. The first-order valence-corrected chi connectivity index (χ1v) is 14.7. The van der Waals surface area contributed by atoms with Crippen molar-refractivity contribution >= 4 is 39.9 Å². The smallest absolute Gasteiger partial charge is 0.257 e. The summed E-state index contributed by atoms with van der Waals surface area (Å²) in [6.45, 7) is 7.83. The van der Waals surface area contributed by atoms with Crippen LogP contribution in [-0.4, -0.2) is 62.5 Å². The zero-order valence-corrected chi connectivity index (χ0v) is 24.5. The van der Waals surface area contributed by atoms with Gasteiger partial charge in [0.25, 0.3) is 5.91 Å². The molecule has 6 atom stereocenters. The highest BCUT2D eigenvalue weighted by molar-refractivity contribution is 7.15. The van der Waals surface area contributed by atoms with Gasteiger partial charge >= 0.3 is 0 Å². The molecule has 9 nitrogen and oxygen atoms in total. The minimum atomic E-state index is -0.744. The van der Waals surface area contributed by atoms with Gasteiger partial charge in [0.15, 0.2) is 5.13 Å². The van der Waals surface area contributed by atoms with E-state index in [2.05, 4.69) is 22.5 Å². The summed E-state index contributed by atoms with van der Waals surface area (Å²) in [5, 5.41) is 37.7. The molecule has 1 fully saturated rings. The maximum atomic E-state index is 13.4. The maximum absolute atomic E-state index is 13.4. The number of aromatic nitrogens is 2. The number of halogens is 1. The van der Waals surface area contributed by atoms with Crippen LogP contribution in [0, 0.1) is 22.7 Å². The second-order valence-corrected chi connectivity index (χ2v) is 13.4. The molecule has 0 aliphatic heterocycles. The molecule has 0 saturated heterocycles. The van der Waals surface area contributed by atoms with E-state index in [0.29, 0.717) is 42.3 Å². The molecule has 0 bridgehead atoms. The number of aliphatic hydroxyl groups is 3. The van der Waals surface area contributed by atoms with Crippen LogP contribution in [0.15, 0.2) is 18.3 Å². The average molecular weight is 579 g/mol. The Morgan fingerprint density at radius 2 is 2.03 bits per heavy atom. The highest BCUT2D eigenvalue weighted by atomic mass is 35.5. The standard InChI is InChI=1S/C28H39ClN4O5S/c1-15(2)9-17(13-34)31-23(37)11-18-24-19(12-20-27(18,3)7-5-21(36)28(20,4)14-35)39-26(32-24)33-25(38)16-6-8-30-22(29)10-16/h6,8,10,15,17-18,20-21,34-36H,5,7,9,11-14H2,1-4H3,(H,31,37)(H,32,33,38)/t17-,18-,20+,21-,27+,28+/m1/s1. The van der Waals surface area contributed by atoms with E-state index in [1.807, 2.05) is 20.8 Å². The minimum Gasteiger partial charge on any atom is -0.396 e. The summed E-state index contributed by atoms with van der Waals surface area (Å²) in [5.41, 5.74) is -0.0258. The predicted octanol–water partition coefficient (Wildman–Crippen LogP) is 3.77. The molecule has 2 heterocycles. The van der Waals surface area contributed by atoms with Crippen LogP contribution in [-0.2, 0) is 11.2 Å². The summed E-state index contributed by atoms with van der Waals surface area (Å²) in [6.07, 6.45) is 3.40. The van der Waals surface area contributed by atoms with Gasteiger partial charge in [-0.05, 0) is 55.1 Å². The number of nitrogens with one attached hydrogen (secondary N) is 2. The number of carbonyl (C=O) groups excluding carboxylic acids is 2. The number of thiazole rings is 1. The summed E-state index contributed by atoms with van der Waals surface area (Å²) in [5.74, 6) is -0.611. The van der Waals surface area contributed by atoms with E-state index in [0.717, 1.165) is 10.6 Å². The largest absolute Gasteiger partial charge is 0.396 e. The van der Waals surface area contributed by atoms with Gasteiger partial charge in [0.05, 0.1) is 31.1 Å². The van der Waals surface area contributed by atoms with E-state index in [-0.39, 0.29) is 54.5 Å². The SMILES string of the molecule is CC(C)C[C@H](CO)NC(=O)C[C@@H]1c2nc(NC(=O)c3ccnc(Cl)c3)sc2C[C@@H]2[C@](C)(CO)[C@H](O)CC[C@]21C. The Balaban J connectivity index is 1.68. The molecule has 2 aromatic heterocycles. The molecule has 0 aromatic carbocycles. The lowest BCUT2D eigenvalue weighted by Crippen LogP contribution is -2.58. The van der Waals surface area contributed by atoms with E-state index in [1.54, 1.807) is 6.07 Å². The third-order valence-electron chi connectivity index (χ3n) is 8.83. The molecule has 0 radical (unpaired) electrons. The van der Waals surface area contributed by atoms with Gasteiger partial charge in [-0.2, -0.15) is 0 Å². The molecular weight excluding hydrogens is 540 g/mol. The average Bonchev–Trinajstić information content (AvgIpc) is 3.29. The first-order chi connectivity index (χ1) is 18.4. The van der Waals surface area contributed by atoms with Crippen molar-refractivity contribution in [3.8, 4) is 0 Å². The van der Waals surface area contributed by atoms with Crippen LogP contribution in [0.25, 0.3) is 0 Å². The molecule has 2 aliphatic carbocycles. The molecule has 4 rings (SSSR count). The molecule has 2 aromatic rings. The van der Waals surface area contributed by atoms with E-state index in [4.69, 9.17) is 16.6 Å². The van der Waals surface area contributed by atoms with Crippen LogP contribution in [0.5, 0.6) is 0 Å². The number of fused-ring (bicyclic) bond motifs is 2. The van der Waals surface area contributed by atoms with Gasteiger partial charge in [-0.25, -0.2) is 9.97 Å². The fourth-order valence-electron chi connectivity index (χ4n) is 6.63. The molecule has 11 heteroatoms. The van der Waals surface area contributed by atoms with Crippen molar-refractivity contribution in [2.24, 2.45) is 22.7 Å². The number of aliphatic hydroxyl groups excluding tert-OH is 3. The normalized spacial score (nSPS) is 28.9. The van der Waals surface area contributed by atoms with Gasteiger partial charge in [0, 0.05) is 34.4 Å². The Morgan fingerprint density at radius 3 is 2.67 bits per heavy atom. The summed E-state index contributed by atoms with van der Waals surface area (Å²) in [6, 6.07) is 2.72. The number of amides is 2. The molecule has 1 saturated carbocycles. The van der Waals surface area contributed by atoms with Gasteiger partial charge in [-0.3, -0.25) is 14.9 Å². The van der Waals surface area contributed by atoms with Crippen LogP contribution < -0.4 is 10.6 Å². The lowest BCUT2D eigenvalue weighted by Gasteiger charge is -2.58. The molecule has 0 unspecified atom stereocenters. The molecule has 214 valence electrons. The molecule has 5 N–H and O–H groups in total. The third-order valence-corrected chi connectivity index (χ3v) is 10.0. The van der Waals surface area contributed by atoms with Gasteiger partial charge in [-0.15, -0.1) is 11.3 Å². The lowest BCUT2D eigenvalue weighted by atomic mass is 9.47. The fraction of sp³-hybridized carbons (Fsp3) is 0.643. The van der Waals surface area contributed by atoms with Gasteiger partial charge in [0.2, 0.25) is 5.91 Å². The maximum Gasteiger partial charge on any atom is 0.257 e. The highest BCUT2D eigenvalue weighted by Gasteiger charge is 2.59. The van der Waals surface area contributed by atoms with Crippen LogP contribution in [0.3, 0.4) is 0 Å². The predicted molar refractivity (Wildman–Crippen MR) is 151 cm³/mol. The van der Waals surface area contributed by atoms with E-state index in [9.17, 15) is 24.9 Å². The second kappa shape index (κ2) is 11.8. The van der Waals surface area contributed by atoms with Crippen molar-refractivity contribution in [2.75, 3.05) is 18.5 Å². The Kier molecular flexibility index (Phi) is 9.02. The molecule has 2 amide bonds. The molecule has 0 spiro atoms. The first kappa shape index (κ1) is 29.9. The molecular formula is C28H39ClN4O5S. The van der Waals surface area contributed by atoms with Crippen LogP contribution >= 0.6 is 22.9 Å². The number of pyridine rings is 1. The number of carbonyl (C=O) groups is 2. The lowest BCUT2D eigenvalue weighted by molar-refractivity contribution is -0.144. The summed E-state index contributed by atoms with van der Waals surface area (Å²) >= 11 is 7.32. The Labute approximate surface area is 238 Å². The third kappa shape index (κ3) is 6.00. The van der Waals surface area contributed by atoms with Crippen molar-refractivity contribution in [2.45, 2.75) is 77.9 Å². The summed E-state index contributed by atoms with van der Waals surface area (Å²) in [4.78, 5) is 35.9. The zero-order valence-electron chi connectivity index (χ0n) is 22.9. The number of hydrogen-bond acceptors (Lipinski definition) is 8. The van der Waals surface area contributed by atoms with Crippen molar-refractivity contribution in [1.82, 2.24) is 15.3 Å². The highest BCUT2D eigenvalue weighted by Crippen LogP contribution is 2.62. The number of rotatable bonds is 9. The number of nitrogens with zero attached hydrogens (tertiary/aromatic N) is 2. The Hall–Kier alpha value is -2.11. The van der Waals surface area contributed by atoms with Crippen molar-refractivity contribution in [1.29, 1.82) is 0 Å². The quantitative estimate of drug-likeness (QED) is 0.285. The van der Waals surface area contributed by atoms with Crippen molar-refractivity contribution in [3.05, 3.63) is 39.6 Å². The van der Waals surface area contributed by atoms with Crippen LogP contribution in [0.4, 0.5) is 5.13 Å². The number of anilines is 1. The minimum absolute atomic E-state index is 0.101. The number of hydrogen-bond donors (Lipinski definition) is 5. The van der Waals surface area contributed by atoms with E-state index < -0.39 is 16.9 Å². The Bertz CT molecular complexity index is 1210. The monoisotopic (exact) mass is 578 g/mol. The van der Waals surface area contributed by atoms with E-state index in [1.165, 1.54) is 23.6 Å². The topological polar surface area (TPSA) is 145 Å². The van der Waals surface area contributed by atoms with Crippen LogP contribution in [0.1, 0.15) is 80.2 Å². The Morgan fingerprint density at radius 1 is 1.28 bits per heavy atom. The van der Waals surface area contributed by atoms with Crippen LogP contribution in [0.2, 0.25) is 5.15 Å². The summed E-state index contributed by atoms with van der Waals surface area (Å²) < 4.78 is 0. The van der Waals surface area contributed by atoms with Crippen molar-refractivity contribution in [3.63, 3.8) is 0 Å². The molecule has 39 heavy (non-hydrogen) atoms.